The molecule has 8 heteroatoms. The van der Waals surface area contributed by atoms with Crippen molar-refractivity contribution >= 4 is 51.9 Å². The van der Waals surface area contributed by atoms with Crippen LogP contribution >= 0.6 is 23.1 Å². The molecule has 3 heterocycles. The molecule has 0 unspecified atom stereocenters. The van der Waals surface area contributed by atoms with Crippen molar-refractivity contribution in [1.82, 2.24) is 9.88 Å². The molecular formula is C28H29N3O3S2. The Morgan fingerprint density at radius 1 is 1.19 bits per heavy atom. The summed E-state index contributed by atoms with van der Waals surface area (Å²) in [6, 6.07) is 9.94. The van der Waals surface area contributed by atoms with Crippen molar-refractivity contribution in [3.8, 4) is 5.00 Å². The number of aliphatic imine (C=N–C) groups is 1. The van der Waals surface area contributed by atoms with E-state index in [-0.39, 0.29) is 11.9 Å². The first-order valence-electron chi connectivity index (χ1n) is 12.2. The number of thiophene rings is 1. The van der Waals surface area contributed by atoms with Crippen molar-refractivity contribution in [3.63, 3.8) is 0 Å². The highest BCUT2D eigenvalue weighted by Crippen LogP contribution is 2.40. The summed E-state index contributed by atoms with van der Waals surface area (Å²) in [5.74, 6) is -0.406. The zero-order valence-corrected chi connectivity index (χ0v) is 22.6. The number of aryl methyl sites for hydroxylation is 3. The second-order valence-corrected chi connectivity index (χ2v) is 11.2. The predicted molar refractivity (Wildman–Crippen MR) is 148 cm³/mol. The van der Waals surface area contributed by atoms with Gasteiger partial charge in [-0.25, -0.2) is 9.79 Å². The average molecular weight is 520 g/mol. The van der Waals surface area contributed by atoms with E-state index in [1.165, 1.54) is 16.6 Å². The Labute approximate surface area is 219 Å². The maximum Gasteiger partial charge on any atom is 0.341 e. The lowest BCUT2D eigenvalue weighted by Gasteiger charge is -2.13. The molecule has 2 aromatic heterocycles. The van der Waals surface area contributed by atoms with Crippen molar-refractivity contribution in [3.05, 3.63) is 73.8 Å². The zero-order chi connectivity index (χ0) is 25.4. The number of aromatic nitrogens is 1. The van der Waals surface area contributed by atoms with Crippen LogP contribution in [0.5, 0.6) is 0 Å². The highest BCUT2D eigenvalue weighted by atomic mass is 32.2. The largest absolute Gasteiger partial charge is 0.462 e. The van der Waals surface area contributed by atoms with Crippen LogP contribution in [-0.4, -0.2) is 28.2 Å². The molecule has 0 saturated carbocycles. The van der Waals surface area contributed by atoms with Gasteiger partial charge in [-0.15, -0.1) is 11.3 Å². The van der Waals surface area contributed by atoms with Gasteiger partial charge in [0, 0.05) is 16.3 Å². The van der Waals surface area contributed by atoms with E-state index in [0.717, 1.165) is 64.4 Å². The van der Waals surface area contributed by atoms with Gasteiger partial charge in [0.05, 0.1) is 22.8 Å². The Kier molecular flexibility index (Phi) is 6.90. The van der Waals surface area contributed by atoms with Crippen molar-refractivity contribution in [2.45, 2.75) is 53.4 Å². The molecule has 3 aromatic rings. The van der Waals surface area contributed by atoms with Crippen molar-refractivity contribution in [1.29, 1.82) is 0 Å². The summed E-state index contributed by atoms with van der Waals surface area (Å²) in [4.78, 5) is 32.2. The second kappa shape index (κ2) is 10.1. The fourth-order valence-electron chi connectivity index (χ4n) is 4.81. The summed E-state index contributed by atoms with van der Waals surface area (Å²) in [7, 11) is 0. The van der Waals surface area contributed by atoms with E-state index in [1.54, 1.807) is 11.3 Å². The van der Waals surface area contributed by atoms with Gasteiger partial charge in [0.1, 0.15) is 5.00 Å². The summed E-state index contributed by atoms with van der Waals surface area (Å²) in [6.45, 7) is 8.28. The number of carbonyl (C=O) groups is 2. The minimum Gasteiger partial charge on any atom is -0.462 e. The van der Waals surface area contributed by atoms with Gasteiger partial charge in [-0.1, -0.05) is 12.1 Å². The number of nitrogens with one attached hydrogen (secondary N) is 1. The zero-order valence-electron chi connectivity index (χ0n) is 20.9. The number of carbonyl (C=O) groups excluding carboxylic acids is 2. The average Bonchev–Trinajstić information content (AvgIpc) is 3.46. The van der Waals surface area contributed by atoms with Gasteiger partial charge in [-0.05, 0) is 106 Å². The van der Waals surface area contributed by atoms with E-state index in [4.69, 9.17) is 4.74 Å². The van der Waals surface area contributed by atoms with E-state index < -0.39 is 0 Å². The number of hydrogen-bond acceptors (Lipinski definition) is 6. The molecule has 6 nitrogen and oxygen atoms in total. The molecule has 0 bridgehead atoms. The van der Waals surface area contributed by atoms with Gasteiger partial charge < -0.3 is 14.6 Å². The molecule has 1 saturated heterocycles. The van der Waals surface area contributed by atoms with Crippen molar-refractivity contribution < 1.29 is 14.3 Å². The van der Waals surface area contributed by atoms with E-state index in [1.807, 2.05) is 58.0 Å². The van der Waals surface area contributed by atoms with Gasteiger partial charge >= 0.3 is 5.97 Å². The standard InChI is InChI=1S/C28H29N3O3S2/c1-5-34-27(33)24-21-11-6-7-12-22(21)35-26(24)31-17(3)14-19(18(31)4)15-23-25(32)30-28(36-23)29-20-10-8-9-16(2)13-20/h8-10,13-15H,5-7,11-12H2,1-4H3,(H,29,30,32)/b23-15+. The molecule has 0 atom stereocenters. The second-order valence-electron chi connectivity index (χ2n) is 9.09. The molecule has 1 aliphatic carbocycles. The smallest absolute Gasteiger partial charge is 0.341 e. The van der Waals surface area contributed by atoms with Crippen LogP contribution in [0.1, 0.15) is 63.1 Å². The Hall–Kier alpha value is -3.10. The molecule has 1 aliphatic heterocycles. The summed E-state index contributed by atoms with van der Waals surface area (Å²) >= 11 is 3.04. The number of amidine groups is 1. The topological polar surface area (TPSA) is 72.7 Å². The molecular weight excluding hydrogens is 490 g/mol. The number of thioether (sulfide) groups is 1. The first kappa shape index (κ1) is 24.6. The van der Waals surface area contributed by atoms with Crippen LogP contribution in [0.25, 0.3) is 11.1 Å². The molecule has 0 radical (unpaired) electrons. The molecule has 1 N–H and O–H groups in total. The van der Waals surface area contributed by atoms with E-state index in [0.29, 0.717) is 22.2 Å². The SMILES string of the molecule is CCOC(=O)c1c(-n2c(C)cc(/C=C3/SC(=Nc4cccc(C)c4)NC3=O)c2C)sc2c1CCCC2. The van der Waals surface area contributed by atoms with Crippen molar-refractivity contribution in [2.75, 3.05) is 6.61 Å². The molecule has 2 aliphatic rings. The first-order chi connectivity index (χ1) is 17.4. The molecule has 1 aromatic carbocycles. The maximum absolute atomic E-state index is 13.0. The maximum atomic E-state index is 13.0. The Morgan fingerprint density at radius 2 is 2.00 bits per heavy atom. The summed E-state index contributed by atoms with van der Waals surface area (Å²) < 4.78 is 7.60. The normalized spacial score (nSPS) is 17.5. The molecule has 0 spiro atoms. The summed E-state index contributed by atoms with van der Waals surface area (Å²) in [5, 5.41) is 4.37. The number of ether oxygens (including phenoxy) is 1. The predicted octanol–water partition coefficient (Wildman–Crippen LogP) is 6.41. The Balaban J connectivity index is 1.51. The van der Waals surface area contributed by atoms with Crippen LogP contribution in [0, 0.1) is 20.8 Å². The summed E-state index contributed by atoms with van der Waals surface area (Å²) in [5.41, 5.74) is 6.73. The lowest BCUT2D eigenvalue weighted by molar-refractivity contribution is -0.115. The van der Waals surface area contributed by atoms with Crippen molar-refractivity contribution in [2.24, 2.45) is 4.99 Å². The fourth-order valence-corrected chi connectivity index (χ4v) is 7.13. The van der Waals surface area contributed by atoms with E-state index >= 15 is 0 Å². The van der Waals surface area contributed by atoms with Crippen LogP contribution in [0.2, 0.25) is 0 Å². The number of esters is 1. The number of nitrogens with zero attached hydrogens (tertiary/aromatic N) is 2. The minimum atomic E-state index is -0.248. The first-order valence-corrected chi connectivity index (χ1v) is 13.9. The van der Waals surface area contributed by atoms with Crippen LogP contribution in [0.4, 0.5) is 5.69 Å². The minimum absolute atomic E-state index is 0.157. The number of fused-ring (bicyclic) bond motifs is 1. The lowest BCUT2D eigenvalue weighted by atomic mass is 9.95. The summed E-state index contributed by atoms with van der Waals surface area (Å²) in [6.07, 6.45) is 6.07. The Morgan fingerprint density at radius 3 is 2.78 bits per heavy atom. The van der Waals surface area contributed by atoms with Gasteiger partial charge in [-0.2, -0.15) is 0 Å². The van der Waals surface area contributed by atoms with Gasteiger partial charge in [-0.3, -0.25) is 4.79 Å². The lowest BCUT2D eigenvalue weighted by Crippen LogP contribution is -2.19. The van der Waals surface area contributed by atoms with E-state index in [9.17, 15) is 9.59 Å². The third-order valence-corrected chi connectivity index (χ3v) is 8.66. The monoisotopic (exact) mass is 519 g/mol. The molecule has 1 fully saturated rings. The van der Waals surface area contributed by atoms with Crippen LogP contribution in [-0.2, 0) is 22.4 Å². The van der Waals surface area contributed by atoms with Gasteiger partial charge in [0.2, 0.25) is 0 Å². The Bertz CT molecular complexity index is 1430. The molecule has 186 valence electrons. The molecule has 5 rings (SSSR count). The van der Waals surface area contributed by atoms with E-state index in [2.05, 4.69) is 20.9 Å². The fraction of sp³-hybridized carbons (Fsp3) is 0.321. The number of rotatable bonds is 5. The van der Waals surface area contributed by atoms with Gasteiger partial charge in [0.15, 0.2) is 5.17 Å². The number of amides is 1. The highest BCUT2D eigenvalue weighted by molar-refractivity contribution is 8.18. The molecule has 36 heavy (non-hydrogen) atoms. The van der Waals surface area contributed by atoms with Crippen LogP contribution < -0.4 is 5.32 Å². The number of hydrogen-bond donors (Lipinski definition) is 1. The quantitative estimate of drug-likeness (QED) is 0.312. The highest BCUT2D eigenvalue weighted by Gasteiger charge is 2.29. The number of benzene rings is 1. The molecule has 1 amide bonds. The third kappa shape index (κ3) is 4.67. The van der Waals surface area contributed by atoms with Crippen LogP contribution in [0.15, 0.2) is 40.2 Å². The van der Waals surface area contributed by atoms with Crippen LogP contribution in [0.3, 0.4) is 0 Å². The third-order valence-electron chi connectivity index (χ3n) is 6.48. The van der Waals surface area contributed by atoms with Gasteiger partial charge in [0.25, 0.3) is 5.91 Å².